The van der Waals surface area contributed by atoms with Crippen LogP contribution in [-0.4, -0.2) is 63.2 Å². The molecule has 2 aromatic carbocycles. The molecule has 0 radical (unpaired) electrons. The first kappa shape index (κ1) is 21.7. The first-order valence-corrected chi connectivity index (χ1v) is 10.3. The van der Waals surface area contributed by atoms with Crippen LogP contribution in [0.3, 0.4) is 0 Å². The molecule has 0 spiro atoms. The molecule has 9 nitrogen and oxygen atoms in total. The van der Waals surface area contributed by atoms with E-state index in [1.165, 1.54) is 12.1 Å². The maximum absolute atomic E-state index is 12.9. The summed E-state index contributed by atoms with van der Waals surface area (Å²) in [6, 6.07) is 10.2. The minimum atomic E-state index is -4.76. The van der Waals surface area contributed by atoms with Gasteiger partial charge in [0.1, 0.15) is 23.4 Å². The van der Waals surface area contributed by atoms with Gasteiger partial charge in [0.05, 0.1) is 0 Å². The zero-order chi connectivity index (χ0) is 23.9. The highest BCUT2D eigenvalue weighted by Crippen LogP contribution is 2.31. The van der Waals surface area contributed by atoms with Crippen LogP contribution in [0.2, 0.25) is 0 Å². The van der Waals surface area contributed by atoms with Gasteiger partial charge in [-0.05, 0) is 41.5 Å². The summed E-state index contributed by atoms with van der Waals surface area (Å²) in [5.74, 6) is -0.480. The van der Waals surface area contributed by atoms with Gasteiger partial charge in [0.25, 0.3) is 5.91 Å². The number of aromatic nitrogens is 3. The highest BCUT2D eigenvalue weighted by atomic mass is 19.4. The number of aromatic amines is 1. The Morgan fingerprint density at radius 2 is 1.82 bits per heavy atom. The number of ether oxygens (including phenoxy) is 2. The molecule has 0 aliphatic carbocycles. The van der Waals surface area contributed by atoms with Gasteiger partial charge in [0.15, 0.2) is 0 Å². The lowest BCUT2D eigenvalue weighted by Gasteiger charge is -2.19. The van der Waals surface area contributed by atoms with Gasteiger partial charge in [-0.15, -0.1) is 13.2 Å². The minimum Gasteiger partial charge on any atom is -0.445 e. The SMILES string of the molecule is O=C(c1ccc2n[nH]nc2c1)N1C=C2CN(C(=O)OCc3ccc(OC(F)(F)F)cc3)C[C@@H]2C1. The van der Waals surface area contributed by atoms with E-state index >= 15 is 0 Å². The Labute approximate surface area is 190 Å². The number of alkyl halides is 3. The number of rotatable bonds is 4. The lowest BCUT2D eigenvalue weighted by atomic mass is 10.1. The normalized spacial score (nSPS) is 17.6. The average Bonchev–Trinajstić information content (AvgIpc) is 3.51. The number of carbonyl (C=O) groups is 2. The van der Waals surface area contributed by atoms with Gasteiger partial charge >= 0.3 is 12.5 Å². The zero-order valence-electron chi connectivity index (χ0n) is 17.6. The van der Waals surface area contributed by atoms with Crippen molar-refractivity contribution in [1.29, 1.82) is 0 Å². The standard InChI is InChI=1S/C22H18F3N5O4/c23-22(24,25)34-17-4-1-13(2-5-17)12-33-21(32)30-10-15-8-29(9-16(15)11-30)20(31)14-3-6-18-19(7-14)27-28-26-18/h1-8,16H,9-12H2,(H,26,27,28)/t16-/m0/s1. The fraction of sp³-hybridized carbons (Fsp3) is 0.273. The molecule has 1 atom stereocenters. The van der Waals surface area contributed by atoms with Crippen LogP contribution in [0.25, 0.3) is 11.0 Å². The van der Waals surface area contributed by atoms with E-state index in [2.05, 4.69) is 20.1 Å². The fourth-order valence-electron chi connectivity index (χ4n) is 4.05. The third-order valence-corrected chi connectivity index (χ3v) is 5.68. The van der Waals surface area contributed by atoms with E-state index in [0.29, 0.717) is 41.8 Å². The molecule has 5 rings (SSSR count). The van der Waals surface area contributed by atoms with E-state index in [1.54, 1.807) is 34.2 Å². The van der Waals surface area contributed by atoms with Gasteiger partial charge in [-0.2, -0.15) is 15.4 Å². The molecule has 176 valence electrons. The summed E-state index contributed by atoms with van der Waals surface area (Å²) >= 11 is 0. The molecule has 1 saturated heterocycles. The van der Waals surface area contributed by atoms with Gasteiger partial charge in [-0.1, -0.05) is 12.1 Å². The molecule has 0 bridgehead atoms. The predicted octanol–water partition coefficient (Wildman–Crippen LogP) is 3.46. The monoisotopic (exact) mass is 473 g/mol. The average molecular weight is 473 g/mol. The summed E-state index contributed by atoms with van der Waals surface area (Å²) in [7, 11) is 0. The van der Waals surface area contributed by atoms with Crippen LogP contribution in [0.1, 0.15) is 15.9 Å². The molecule has 3 aromatic rings. The van der Waals surface area contributed by atoms with Crippen molar-refractivity contribution >= 4 is 23.0 Å². The molecule has 34 heavy (non-hydrogen) atoms. The maximum atomic E-state index is 12.9. The second-order valence-electron chi connectivity index (χ2n) is 8.01. The van der Waals surface area contributed by atoms with Crippen LogP contribution in [0.5, 0.6) is 5.75 Å². The second kappa shape index (κ2) is 8.36. The topological polar surface area (TPSA) is 101 Å². The van der Waals surface area contributed by atoms with Crippen molar-refractivity contribution in [2.45, 2.75) is 13.0 Å². The lowest BCUT2D eigenvalue weighted by Crippen LogP contribution is -2.33. The number of carbonyl (C=O) groups excluding carboxylic acids is 2. The smallest absolute Gasteiger partial charge is 0.445 e. The Balaban J connectivity index is 1.15. The second-order valence-corrected chi connectivity index (χ2v) is 8.01. The summed E-state index contributed by atoms with van der Waals surface area (Å²) in [5, 5.41) is 10.5. The van der Waals surface area contributed by atoms with Gasteiger partial charge < -0.3 is 19.3 Å². The number of halogens is 3. The van der Waals surface area contributed by atoms with Crippen molar-refractivity contribution in [2.24, 2.45) is 5.92 Å². The van der Waals surface area contributed by atoms with Crippen molar-refractivity contribution in [3.05, 3.63) is 65.4 Å². The van der Waals surface area contributed by atoms with Crippen LogP contribution >= 0.6 is 0 Å². The third kappa shape index (κ3) is 4.51. The van der Waals surface area contributed by atoms with E-state index in [9.17, 15) is 22.8 Å². The number of fused-ring (bicyclic) bond motifs is 2. The summed E-state index contributed by atoms with van der Waals surface area (Å²) in [6.07, 6.45) is -3.52. The predicted molar refractivity (Wildman–Crippen MR) is 111 cm³/mol. The molecule has 1 N–H and O–H groups in total. The highest BCUT2D eigenvalue weighted by molar-refractivity contribution is 5.98. The molecular formula is C22H18F3N5O4. The maximum Gasteiger partial charge on any atom is 0.573 e. The Morgan fingerprint density at radius 1 is 1.06 bits per heavy atom. The van der Waals surface area contributed by atoms with Crippen molar-refractivity contribution in [3.8, 4) is 5.75 Å². The Bertz CT molecular complexity index is 1270. The van der Waals surface area contributed by atoms with Crippen LogP contribution in [-0.2, 0) is 11.3 Å². The third-order valence-electron chi connectivity index (χ3n) is 5.68. The largest absolute Gasteiger partial charge is 0.573 e. The first-order chi connectivity index (χ1) is 16.2. The number of likely N-dealkylation sites (tertiary alicyclic amines) is 1. The molecule has 3 heterocycles. The van der Waals surface area contributed by atoms with E-state index in [4.69, 9.17) is 4.74 Å². The van der Waals surface area contributed by atoms with Crippen molar-refractivity contribution in [2.75, 3.05) is 19.6 Å². The molecule has 2 aliphatic heterocycles. The lowest BCUT2D eigenvalue weighted by molar-refractivity contribution is -0.274. The number of H-pyrrole nitrogens is 1. The zero-order valence-corrected chi connectivity index (χ0v) is 17.6. The molecule has 12 heteroatoms. The van der Waals surface area contributed by atoms with Gasteiger partial charge in [0, 0.05) is 37.3 Å². The number of hydrogen-bond acceptors (Lipinski definition) is 6. The summed E-state index contributed by atoms with van der Waals surface area (Å²) < 4.78 is 45.8. The Kier molecular flexibility index (Phi) is 5.34. The van der Waals surface area contributed by atoms with Crippen LogP contribution in [0.4, 0.5) is 18.0 Å². The van der Waals surface area contributed by atoms with E-state index in [-0.39, 0.29) is 24.2 Å². The molecule has 1 fully saturated rings. The van der Waals surface area contributed by atoms with Crippen molar-refractivity contribution in [3.63, 3.8) is 0 Å². The van der Waals surface area contributed by atoms with Crippen LogP contribution < -0.4 is 4.74 Å². The number of hydrogen-bond donors (Lipinski definition) is 1. The fourth-order valence-corrected chi connectivity index (χ4v) is 4.05. The molecule has 0 unspecified atom stereocenters. The summed E-state index contributed by atoms with van der Waals surface area (Å²) in [4.78, 5) is 28.5. The first-order valence-electron chi connectivity index (χ1n) is 10.3. The summed E-state index contributed by atoms with van der Waals surface area (Å²) in [5.41, 5.74) is 3.27. The Morgan fingerprint density at radius 3 is 2.56 bits per heavy atom. The number of amides is 2. The highest BCUT2D eigenvalue weighted by Gasteiger charge is 2.38. The quantitative estimate of drug-likeness (QED) is 0.623. The van der Waals surface area contributed by atoms with Crippen molar-refractivity contribution in [1.82, 2.24) is 25.2 Å². The van der Waals surface area contributed by atoms with E-state index in [1.807, 2.05) is 0 Å². The van der Waals surface area contributed by atoms with Crippen LogP contribution in [0.15, 0.2) is 54.2 Å². The van der Waals surface area contributed by atoms with Crippen molar-refractivity contribution < 1.29 is 32.2 Å². The van der Waals surface area contributed by atoms with Crippen LogP contribution in [0, 0.1) is 5.92 Å². The molecule has 2 amide bonds. The van der Waals surface area contributed by atoms with E-state index in [0.717, 1.165) is 17.7 Å². The number of nitrogens with zero attached hydrogens (tertiary/aromatic N) is 4. The van der Waals surface area contributed by atoms with Gasteiger partial charge in [-0.3, -0.25) is 4.79 Å². The molecule has 1 aromatic heterocycles. The minimum absolute atomic E-state index is 0.0195. The number of nitrogens with one attached hydrogen (secondary N) is 1. The van der Waals surface area contributed by atoms with Gasteiger partial charge in [-0.25, -0.2) is 4.79 Å². The Hall–Kier alpha value is -4.09. The molecule has 0 saturated carbocycles. The van der Waals surface area contributed by atoms with Gasteiger partial charge in [0.2, 0.25) is 0 Å². The van der Waals surface area contributed by atoms with E-state index < -0.39 is 12.5 Å². The molecular weight excluding hydrogens is 455 g/mol. The number of benzene rings is 2. The summed E-state index contributed by atoms with van der Waals surface area (Å²) in [6.45, 7) is 1.12. The molecule has 2 aliphatic rings.